The fraction of sp³-hybridized carbons (Fsp3) is 0.250. The number of benzene rings is 2. The summed E-state index contributed by atoms with van der Waals surface area (Å²) in [5.41, 5.74) is 5.00. The number of rotatable bonds is 4. The molecule has 0 amide bonds. The van der Waals surface area contributed by atoms with Crippen molar-refractivity contribution in [3.63, 3.8) is 0 Å². The largest absolute Gasteiger partial charge is 0.358 e. The topological polar surface area (TPSA) is 27.6 Å². The molecule has 0 spiro atoms. The minimum absolute atomic E-state index is 0.139. The van der Waals surface area contributed by atoms with E-state index >= 15 is 0 Å². The quantitative estimate of drug-likeness (QED) is 0.566. The SMILES string of the molecule is C=CCNC(=S)N1N=C2/C(=C\c3ccccc3)CCCC2C1c1ccccc1. The van der Waals surface area contributed by atoms with Crippen LogP contribution < -0.4 is 5.32 Å². The number of thiocarbonyl (C=S) groups is 1. The molecule has 2 atom stereocenters. The maximum Gasteiger partial charge on any atom is 0.190 e. The van der Waals surface area contributed by atoms with E-state index in [0.29, 0.717) is 17.6 Å². The predicted octanol–water partition coefficient (Wildman–Crippen LogP) is 5.34. The second kappa shape index (κ2) is 8.53. The molecule has 4 rings (SSSR count). The van der Waals surface area contributed by atoms with E-state index in [0.717, 1.165) is 12.8 Å². The van der Waals surface area contributed by atoms with Crippen molar-refractivity contribution in [1.82, 2.24) is 10.3 Å². The molecule has 1 aliphatic heterocycles. The number of hydrogen-bond donors (Lipinski definition) is 1. The van der Waals surface area contributed by atoms with E-state index in [4.69, 9.17) is 17.3 Å². The van der Waals surface area contributed by atoms with Gasteiger partial charge in [-0.25, -0.2) is 5.01 Å². The summed E-state index contributed by atoms with van der Waals surface area (Å²) >= 11 is 5.69. The highest BCUT2D eigenvalue weighted by molar-refractivity contribution is 7.80. The minimum atomic E-state index is 0.139. The van der Waals surface area contributed by atoms with Crippen LogP contribution in [0.15, 0.2) is 84.0 Å². The van der Waals surface area contributed by atoms with Crippen LogP contribution in [-0.2, 0) is 0 Å². The van der Waals surface area contributed by atoms with Gasteiger partial charge in [0, 0.05) is 12.5 Å². The molecule has 1 aliphatic carbocycles. The lowest BCUT2D eigenvalue weighted by Crippen LogP contribution is -2.38. The molecule has 0 aromatic heterocycles. The van der Waals surface area contributed by atoms with Gasteiger partial charge in [-0.2, -0.15) is 5.10 Å². The van der Waals surface area contributed by atoms with Gasteiger partial charge in [-0.1, -0.05) is 66.7 Å². The Balaban J connectivity index is 1.72. The molecule has 1 heterocycles. The summed E-state index contributed by atoms with van der Waals surface area (Å²) in [7, 11) is 0. The van der Waals surface area contributed by atoms with Crippen molar-refractivity contribution >= 4 is 29.1 Å². The highest BCUT2D eigenvalue weighted by atomic mass is 32.1. The Kier molecular flexibility index (Phi) is 5.68. The Bertz CT molecular complexity index is 902. The number of fused-ring (bicyclic) bond motifs is 1. The number of allylic oxidation sites excluding steroid dienone is 1. The average Bonchev–Trinajstić information content (AvgIpc) is 3.14. The van der Waals surface area contributed by atoms with Gasteiger partial charge in [-0.3, -0.25) is 0 Å². The third-order valence-corrected chi connectivity index (χ3v) is 5.72. The van der Waals surface area contributed by atoms with Crippen molar-refractivity contribution in [3.05, 3.63) is 90.0 Å². The molecule has 1 fully saturated rings. The first kappa shape index (κ1) is 18.6. The zero-order valence-electron chi connectivity index (χ0n) is 15.9. The summed E-state index contributed by atoms with van der Waals surface area (Å²) in [6.45, 7) is 4.42. The summed E-state index contributed by atoms with van der Waals surface area (Å²) in [5, 5.41) is 11.0. The second-order valence-electron chi connectivity index (χ2n) is 7.24. The Morgan fingerprint density at radius 2 is 1.86 bits per heavy atom. The molecule has 0 bridgehead atoms. The van der Waals surface area contributed by atoms with Crippen molar-refractivity contribution in [1.29, 1.82) is 0 Å². The highest BCUT2D eigenvalue weighted by Gasteiger charge is 2.42. The smallest absolute Gasteiger partial charge is 0.190 e. The normalized spacial score (nSPS) is 22.5. The van der Waals surface area contributed by atoms with E-state index in [1.807, 2.05) is 11.1 Å². The lowest BCUT2D eigenvalue weighted by atomic mass is 9.77. The molecule has 0 radical (unpaired) electrons. The van der Waals surface area contributed by atoms with Gasteiger partial charge in [-0.15, -0.1) is 6.58 Å². The summed E-state index contributed by atoms with van der Waals surface area (Å²) in [6.07, 6.45) is 7.47. The van der Waals surface area contributed by atoms with Gasteiger partial charge in [0.25, 0.3) is 0 Å². The molecule has 4 heteroatoms. The molecule has 2 aromatic rings. The van der Waals surface area contributed by atoms with Crippen molar-refractivity contribution in [2.24, 2.45) is 11.0 Å². The van der Waals surface area contributed by atoms with Gasteiger partial charge in [0.2, 0.25) is 0 Å². The van der Waals surface area contributed by atoms with E-state index in [2.05, 4.69) is 78.6 Å². The standard InChI is InChI=1S/C24H25N3S/c1-2-16-25-24(28)27-23(19-12-7-4-8-13-19)21-15-9-14-20(22(21)26-27)17-18-10-5-3-6-11-18/h2-8,10-13,17,21,23H,1,9,14-16H2,(H,25,28)/b20-17-. The van der Waals surface area contributed by atoms with Gasteiger partial charge >= 0.3 is 0 Å². The Morgan fingerprint density at radius 1 is 1.14 bits per heavy atom. The van der Waals surface area contributed by atoms with E-state index in [9.17, 15) is 0 Å². The van der Waals surface area contributed by atoms with Gasteiger partial charge in [0.1, 0.15) is 0 Å². The first-order chi connectivity index (χ1) is 13.8. The Morgan fingerprint density at radius 3 is 2.57 bits per heavy atom. The summed E-state index contributed by atoms with van der Waals surface area (Å²) in [6, 6.07) is 21.3. The van der Waals surface area contributed by atoms with Crippen LogP contribution in [0.3, 0.4) is 0 Å². The maximum absolute atomic E-state index is 5.69. The molecular weight excluding hydrogens is 362 g/mol. The second-order valence-corrected chi connectivity index (χ2v) is 7.63. The monoisotopic (exact) mass is 387 g/mol. The molecule has 1 N–H and O–H groups in total. The average molecular weight is 388 g/mol. The van der Waals surface area contributed by atoms with Crippen molar-refractivity contribution < 1.29 is 0 Å². The van der Waals surface area contributed by atoms with Crippen LogP contribution in [0.25, 0.3) is 6.08 Å². The first-order valence-corrected chi connectivity index (χ1v) is 10.3. The van der Waals surface area contributed by atoms with Gasteiger partial charge in [0.05, 0.1) is 11.8 Å². The molecule has 2 unspecified atom stereocenters. The Hall–Kier alpha value is -2.72. The van der Waals surface area contributed by atoms with Crippen LogP contribution in [0.2, 0.25) is 0 Å². The number of nitrogens with zero attached hydrogens (tertiary/aromatic N) is 2. The predicted molar refractivity (Wildman–Crippen MR) is 121 cm³/mol. The lowest BCUT2D eigenvalue weighted by Gasteiger charge is -2.30. The molecular formula is C24H25N3S. The van der Waals surface area contributed by atoms with Crippen molar-refractivity contribution in [3.8, 4) is 0 Å². The fourth-order valence-electron chi connectivity index (χ4n) is 4.14. The fourth-order valence-corrected chi connectivity index (χ4v) is 4.38. The summed E-state index contributed by atoms with van der Waals surface area (Å²) in [5.74, 6) is 0.356. The minimum Gasteiger partial charge on any atom is -0.358 e. The van der Waals surface area contributed by atoms with Crippen LogP contribution in [0.1, 0.15) is 36.4 Å². The number of nitrogens with one attached hydrogen (secondary N) is 1. The van der Waals surface area contributed by atoms with Gasteiger partial charge in [0.15, 0.2) is 5.11 Å². The zero-order valence-corrected chi connectivity index (χ0v) is 16.7. The number of hydrazone groups is 1. The van der Waals surface area contributed by atoms with E-state index in [1.54, 1.807) is 0 Å². The van der Waals surface area contributed by atoms with Gasteiger partial charge < -0.3 is 5.32 Å². The van der Waals surface area contributed by atoms with E-state index in [1.165, 1.54) is 28.8 Å². The van der Waals surface area contributed by atoms with E-state index in [-0.39, 0.29) is 6.04 Å². The molecule has 0 saturated heterocycles. The van der Waals surface area contributed by atoms with E-state index < -0.39 is 0 Å². The molecule has 142 valence electrons. The van der Waals surface area contributed by atoms with Gasteiger partial charge in [-0.05, 0) is 54.3 Å². The third kappa shape index (κ3) is 3.78. The highest BCUT2D eigenvalue weighted by Crippen LogP contribution is 2.44. The molecule has 1 saturated carbocycles. The van der Waals surface area contributed by atoms with Crippen LogP contribution in [0.5, 0.6) is 0 Å². The van der Waals surface area contributed by atoms with Crippen molar-refractivity contribution in [2.45, 2.75) is 25.3 Å². The summed E-state index contributed by atoms with van der Waals surface area (Å²) < 4.78 is 0. The van der Waals surface area contributed by atoms with Crippen LogP contribution in [0.4, 0.5) is 0 Å². The molecule has 2 aliphatic rings. The molecule has 28 heavy (non-hydrogen) atoms. The summed E-state index contributed by atoms with van der Waals surface area (Å²) in [4.78, 5) is 0. The first-order valence-electron chi connectivity index (χ1n) is 9.85. The lowest BCUT2D eigenvalue weighted by molar-refractivity contribution is 0.301. The Labute approximate surface area is 172 Å². The zero-order chi connectivity index (χ0) is 19.3. The van der Waals surface area contributed by atoms with Crippen LogP contribution >= 0.6 is 12.2 Å². The van der Waals surface area contributed by atoms with Crippen molar-refractivity contribution in [2.75, 3.05) is 6.54 Å². The molecule has 3 nitrogen and oxygen atoms in total. The maximum atomic E-state index is 5.69. The number of hydrogen-bond acceptors (Lipinski definition) is 2. The molecule has 2 aromatic carbocycles. The third-order valence-electron chi connectivity index (χ3n) is 5.39. The van der Waals surface area contributed by atoms with Crippen LogP contribution in [-0.4, -0.2) is 22.4 Å². The van der Waals surface area contributed by atoms with Crippen LogP contribution in [0, 0.1) is 5.92 Å².